The third-order valence-electron chi connectivity index (χ3n) is 3.51. The maximum atomic E-state index is 12.6. The third-order valence-corrected chi connectivity index (χ3v) is 6.14. The number of hydrogen-bond acceptors (Lipinski definition) is 6. The SMILES string of the molecule is Cn1cc(NC(=O)c2csc(-c3ccc(Br)s3)n2)c(-c2ccccn2)n1. The largest absolute Gasteiger partial charge is 0.317 e. The molecule has 0 bridgehead atoms. The monoisotopic (exact) mass is 445 g/mol. The summed E-state index contributed by atoms with van der Waals surface area (Å²) in [5.41, 5.74) is 2.31. The van der Waals surface area contributed by atoms with Gasteiger partial charge in [-0.25, -0.2) is 4.98 Å². The van der Waals surface area contributed by atoms with E-state index in [0.29, 0.717) is 22.8 Å². The van der Waals surface area contributed by atoms with Crippen molar-refractivity contribution in [1.29, 1.82) is 0 Å². The molecule has 6 nitrogen and oxygen atoms in total. The van der Waals surface area contributed by atoms with Crippen LogP contribution in [0.15, 0.2) is 51.9 Å². The summed E-state index contributed by atoms with van der Waals surface area (Å²) < 4.78 is 2.68. The maximum absolute atomic E-state index is 12.6. The van der Waals surface area contributed by atoms with Crippen LogP contribution in [0.1, 0.15) is 10.5 Å². The second-order valence-electron chi connectivity index (χ2n) is 5.38. The first kappa shape index (κ1) is 17.1. The Morgan fingerprint density at radius 3 is 2.88 bits per heavy atom. The molecule has 9 heteroatoms. The summed E-state index contributed by atoms with van der Waals surface area (Å²) in [6.45, 7) is 0. The minimum Gasteiger partial charge on any atom is -0.317 e. The summed E-state index contributed by atoms with van der Waals surface area (Å²) in [6, 6.07) is 9.53. The molecular formula is C17H12BrN5OS2. The van der Waals surface area contributed by atoms with Crippen molar-refractivity contribution in [1.82, 2.24) is 19.7 Å². The van der Waals surface area contributed by atoms with Crippen LogP contribution in [0.4, 0.5) is 5.69 Å². The summed E-state index contributed by atoms with van der Waals surface area (Å²) in [4.78, 5) is 22.4. The molecule has 4 heterocycles. The van der Waals surface area contributed by atoms with Crippen LogP contribution >= 0.6 is 38.6 Å². The Hall–Kier alpha value is -2.36. The zero-order valence-corrected chi connectivity index (χ0v) is 16.7. The van der Waals surface area contributed by atoms with E-state index < -0.39 is 0 Å². The molecule has 1 N–H and O–H groups in total. The number of halogens is 1. The summed E-state index contributed by atoms with van der Waals surface area (Å²) in [5, 5.41) is 9.87. The predicted octanol–water partition coefficient (Wildman–Crippen LogP) is 4.68. The Morgan fingerprint density at radius 1 is 1.27 bits per heavy atom. The average Bonchev–Trinajstić information content (AvgIpc) is 3.35. The zero-order chi connectivity index (χ0) is 18.1. The first-order valence-corrected chi connectivity index (χ1v) is 10.1. The van der Waals surface area contributed by atoms with E-state index >= 15 is 0 Å². The van der Waals surface area contributed by atoms with Gasteiger partial charge in [-0.3, -0.25) is 14.5 Å². The lowest BCUT2D eigenvalue weighted by atomic mass is 10.2. The van der Waals surface area contributed by atoms with Crippen molar-refractivity contribution in [3.05, 3.63) is 57.6 Å². The molecule has 0 unspecified atom stereocenters. The summed E-state index contributed by atoms with van der Waals surface area (Å²) in [7, 11) is 1.80. The Bertz CT molecular complexity index is 1070. The van der Waals surface area contributed by atoms with Crippen LogP contribution in [0.25, 0.3) is 21.3 Å². The minimum atomic E-state index is -0.270. The number of anilines is 1. The van der Waals surface area contributed by atoms with Gasteiger partial charge in [0.15, 0.2) is 0 Å². The molecule has 4 rings (SSSR count). The quantitative estimate of drug-likeness (QED) is 0.494. The molecule has 0 saturated heterocycles. The number of carbonyl (C=O) groups excluding carboxylic acids is 1. The van der Waals surface area contributed by atoms with Gasteiger partial charge in [0.05, 0.1) is 20.0 Å². The van der Waals surface area contributed by atoms with Gasteiger partial charge in [0.2, 0.25) is 0 Å². The lowest BCUT2D eigenvalue weighted by Gasteiger charge is -2.03. The van der Waals surface area contributed by atoms with Crippen LogP contribution in [0, 0.1) is 0 Å². The van der Waals surface area contributed by atoms with E-state index in [1.807, 2.05) is 30.3 Å². The van der Waals surface area contributed by atoms with E-state index in [1.165, 1.54) is 11.3 Å². The number of aromatic nitrogens is 4. The number of nitrogens with one attached hydrogen (secondary N) is 1. The van der Waals surface area contributed by atoms with Crippen LogP contribution in [0.5, 0.6) is 0 Å². The third kappa shape index (κ3) is 3.46. The number of carbonyl (C=O) groups is 1. The Labute approximate surface area is 165 Å². The molecule has 0 aromatic carbocycles. The van der Waals surface area contributed by atoms with Crippen molar-refractivity contribution >= 4 is 50.2 Å². The topological polar surface area (TPSA) is 72.7 Å². The molecule has 0 saturated carbocycles. The van der Waals surface area contributed by atoms with Crippen LogP contribution in [0.3, 0.4) is 0 Å². The summed E-state index contributed by atoms with van der Waals surface area (Å²) in [5.74, 6) is -0.270. The normalized spacial score (nSPS) is 10.8. The van der Waals surface area contributed by atoms with E-state index in [0.717, 1.165) is 13.7 Å². The van der Waals surface area contributed by atoms with Crippen LogP contribution in [-0.2, 0) is 7.05 Å². The van der Waals surface area contributed by atoms with Crippen LogP contribution in [-0.4, -0.2) is 25.7 Å². The van der Waals surface area contributed by atoms with E-state index in [-0.39, 0.29) is 5.91 Å². The highest BCUT2D eigenvalue weighted by Gasteiger charge is 2.17. The van der Waals surface area contributed by atoms with Crippen molar-refractivity contribution in [2.45, 2.75) is 0 Å². The zero-order valence-electron chi connectivity index (χ0n) is 13.5. The van der Waals surface area contributed by atoms with Gasteiger partial charge in [-0.2, -0.15) is 5.10 Å². The summed E-state index contributed by atoms with van der Waals surface area (Å²) in [6.07, 6.45) is 3.45. The molecule has 0 aliphatic rings. The van der Waals surface area contributed by atoms with E-state index in [9.17, 15) is 4.79 Å². The highest BCUT2D eigenvalue weighted by molar-refractivity contribution is 9.11. The van der Waals surface area contributed by atoms with Gasteiger partial charge < -0.3 is 5.32 Å². The maximum Gasteiger partial charge on any atom is 0.275 e. The standard InChI is InChI=1S/C17H12BrN5OS2/c1-23-8-11(15(22-23)10-4-2-3-7-19-10)20-16(24)12-9-25-17(21-12)13-5-6-14(18)26-13/h2-9H,1H3,(H,20,24). The molecular weight excluding hydrogens is 434 g/mol. The Kier molecular flexibility index (Phi) is 4.66. The Balaban J connectivity index is 1.59. The van der Waals surface area contributed by atoms with Gasteiger partial charge in [0.1, 0.15) is 16.4 Å². The highest BCUT2D eigenvalue weighted by Crippen LogP contribution is 2.33. The van der Waals surface area contributed by atoms with Crippen LogP contribution < -0.4 is 5.32 Å². The number of rotatable bonds is 4. The number of aryl methyl sites for hydroxylation is 1. The van der Waals surface area contributed by atoms with Gasteiger partial charge >= 0.3 is 0 Å². The first-order chi connectivity index (χ1) is 12.6. The number of nitrogens with zero attached hydrogens (tertiary/aromatic N) is 4. The van der Waals surface area contributed by atoms with Crippen molar-refractivity contribution in [3.63, 3.8) is 0 Å². The lowest BCUT2D eigenvalue weighted by Crippen LogP contribution is -2.12. The molecule has 4 aromatic heterocycles. The van der Waals surface area contributed by atoms with Crippen molar-refractivity contribution in [3.8, 4) is 21.3 Å². The van der Waals surface area contributed by atoms with Crippen LogP contribution in [0.2, 0.25) is 0 Å². The molecule has 0 radical (unpaired) electrons. The number of thiophene rings is 1. The fraction of sp³-hybridized carbons (Fsp3) is 0.0588. The van der Waals surface area contributed by atoms with Gasteiger partial charge in [0.25, 0.3) is 5.91 Å². The van der Waals surface area contributed by atoms with E-state index in [1.54, 1.807) is 40.8 Å². The molecule has 0 aliphatic heterocycles. The highest BCUT2D eigenvalue weighted by atomic mass is 79.9. The number of amides is 1. The van der Waals surface area contributed by atoms with Gasteiger partial charge in [-0.1, -0.05) is 6.07 Å². The molecule has 0 spiro atoms. The molecule has 4 aromatic rings. The molecule has 1 amide bonds. The van der Waals surface area contributed by atoms with E-state index in [4.69, 9.17) is 0 Å². The summed E-state index contributed by atoms with van der Waals surface area (Å²) >= 11 is 6.47. The van der Waals surface area contributed by atoms with Crippen molar-refractivity contribution in [2.24, 2.45) is 7.05 Å². The average molecular weight is 446 g/mol. The molecule has 0 aliphatic carbocycles. The van der Waals surface area contributed by atoms with E-state index in [2.05, 4.69) is 36.3 Å². The molecule has 26 heavy (non-hydrogen) atoms. The Morgan fingerprint density at radius 2 is 2.15 bits per heavy atom. The van der Waals surface area contributed by atoms with Crippen molar-refractivity contribution < 1.29 is 4.79 Å². The minimum absolute atomic E-state index is 0.270. The second-order valence-corrected chi connectivity index (χ2v) is 8.70. The van der Waals surface area contributed by atoms with Crippen molar-refractivity contribution in [2.75, 3.05) is 5.32 Å². The van der Waals surface area contributed by atoms with Gasteiger partial charge in [-0.15, -0.1) is 22.7 Å². The molecule has 0 fully saturated rings. The second kappa shape index (κ2) is 7.10. The smallest absolute Gasteiger partial charge is 0.275 e. The fourth-order valence-electron chi connectivity index (χ4n) is 2.38. The van der Waals surface area contributed by atoms with Gasteiger partial charge in [-0.05, 0) is 40.2 Å². The molecule has 130 valence electrons. The first-order valence-electron chi connectivity index (χ1n) is 7.58. The lowest BCUT2D eigenvalue weighted by molar-refractivity contribution is 0.102. The molecule has 0 atom stereocenters. The number of thiazole rings is 1. The fourth-order valence-corrected chi connectivity index (χ4v) is 4.64. The number of hydrogen-bond donors (Lipinski definition) is 1. The van der Waals surface area contributed by atoms with Gasteiger partial charge in [0, 0.05) is 24.8 Å². The predicted molar refractivity (Wildman–Crippen MR) is 108 cm³/mol. The number of pyridine rings is 1.